The van der Waals surface area contributed by atoms with E-state index in [2.05, 4.69) is 4.98 Å². The van der Waals surface area contributed by atoms with E-state index in [1.165, 1.54) is 0 Å². The van der Waals surface area contributed by atoms with Crippen LogP contribution in [0.2, 0.25) is 10.0 Å². The molecule has 0 radical (unpaired) electrons. The normalized spacial score (nSPS) is 10.7. The molecular formula is C11H9Cl2NO. The topological polar surface area (TPSA) is 22.1 Å². The lowest BCUT2D eigenvalue weighted by atomic mass is 10.1. The molecule has 0 fully saturated rings. The van der Waals surface area contributed by atoms with E-state index >= 15 is 0 Å². The first-order valence-electron chi connectivity index (χ1n) is 4.43. The molecule has 4 heteroatoms. The van der Waals surface area contributed by atoms with Gasteiger partial charge in [-0.3, -0.25) is 0 Å². The first-order valence-corrected chi connectivity index (χ1v) is 5.19. The fourth-order valence-electron chi connectivity index (χ4n) is 1.52. The summed E-state index contributed by atoms with van der Waals surface area (Å²) < 4.78 is 5.19. The van der Waals surface area contributed by atoms with Crippen LogP contribution in [-0.4, -0.2) is 12.1 Å². The number of halogens is 2. The molecule has 0 bridgehead atoms. The second-order valence-electron chi connectivity index (χ2n) is 3.18. The Balaban J connectivity index is 2.96. The van der Waals surface area contributed by atoms with Gasteiger partial charge in [-0.05, 0) is 19.1 Å². The van der Waals surface area contributed by atoms with Gasteiger partial charge in [0.15, 0.2) is 0 Å². The lowest BCUT2D eigenvalue weighted by Crippen LogP contribution is -1.93. The van der Waals surface area contributed by atoms with Gasteiger partial charge in [-0.15, -0.1) is 0 Å². The van der Waals surface area contributed by atoms with E-state index in [1.807, 2.05) is 19.1 Å². The quantitative estimate of drug-likeness (QED) is 0.757. The second-order valence-corrected chi connectivity index (χ2v) is 3.97. The molecular weight excluding hydrogens is 233 g/mol. The largest absolute Gasteiger partial charge is 0.481 e. The zero-order valence-corrected chi connectivity index (χ0v) is 9.86. The Kier molecular flexibility index (Phi) is 2.72. The van der Waals surface area contributed by atoms with Gasteiger partial charge in [0.05, 0.1) is 22.8 Å². The van der Waals surface area contributed by atoms with Crippen LogP contribution in [-0.2, 0) is 0 Å². The highest BCUT2D eigenvalue weighted by Crippen LogP contribution is 2.36. The van der Waals surface area contributed by atoms with Crippen molar-refractivity contribution in [3.8, 4) is 5.88 Å². The van der Waals surface area contributed by atoms with E-state index in [1.54, 1.807) is 13.2 Å². The van der Waals surface area contributed by atoms with Crippen LogP contribution >= 0.6 is 23.2 Å². The summed E-state index contributed by atoms with van der Waals surface area (Å²) in [5.41, 5.74) is 0.717. The molecule has 78 valence electrons. The van der Waals surface area contributed by atoms with Crippen molar-refractivity contribution in [1.82, 2.24) is 4.98 Å². The summed E-state index contributed by atoms with van der Waals surface area (Å²) in [7, 11) is 1.58. The fraction of sp³-hybridized carbons (Fsp3) is 0.182. The third-order valence-electron chi connectivity index (χ3n) is 2.24. The van der Waals surface area contributed by atoms with Gasteiger partial charge in [0.1, 0.15) is 0 Å². The van der Waals surface area contributed by atoms with Gasteiger partial charge in [-0.25, -0.2) is 4.98 Å². The summed E-state index contributed by atoms with van der Waals surface area (Å²) in [6, 6.07) is 5.54. The summed E-state index contributed by atoms with van der Waals surface area (Å²) in [6.45, 7) is 1.83. The van der Waals surface area contributed by atoms with Gasteiger partial charge in [0, 0.05) is 10.8 Å². The molecule has 0 saturated carbocycles. The molecule has 0 atom stereocenters. The minimum absolute atomic E-state index is 0.550. The Morgan fingerprint density at radius 2 is 2.00 bits per heavy atom. The first-order chi connectivity index (χ1) is 7.15. The monoisotopic (exact) mass is 241 g/mol. The molecule has 2 nitrogen and oxygen atoms in total. The Hall–Kier alpha value is -0.990. The third kappa shape index (κ3) is 1.64. The number of rotatable bonds is 1. The fourth-order valence-corrected chi connectivity index (χ4v) is 2.09. The predicted molar refractivity (Wildman–Crippen MR) is 63.1 cm³/mol. The second kappa shape index (κ2) is 3.87. The molecule has 15 heavy (non-hydrogen) atoms. The highest BCUT2D eigenvalue weighted by molar-refractivity contribution is 6.42. The SMILES string of the molecule is COc1nc(C)c(Cl)c2c(Cl)cccc12. The third-order valence-corrected chi connectivity index (χ3v) is 3.02. The van der Waals surface area contributed by atoms with Gasteiger partial charge in [-0.1, -0.05) is 29.3 Å². The molecule has 1 heterocycles. The standard InChI is InChI=1S/C11H9Cl2NO/c1-6-10(13)9-7(11(14-6)15-2)4-3-5-8(9)12/h3-5H,1-2H3. The van der Waals surface area contributed by atoms with E-state index < -0.39 is 0 Å². The molecule has 0 saturated heterocycles. The molecule has 0 amide bonds. The molecule has 0 spiro atoms. The van der Waals surface area contributed by atoms with Crippen molar-refractivity contribution in [3.63, 3.8) is 0 Å². The van der Waals surface area contributed by atoms with Crippen LogP contribution in [0.25, 0.3) is 10.8 Å². The van der Waals surface area contributed by atoms with Crippen LogP contribution in [0.4, 0.5) is 0 Å². The summed E-state index contributed by atoms with van der Waals surface area (Å²) in [6.07, 6.45) is 0. The smallest absolute Gasteiger partial charge is 0.221 e. The van der Waals surface area contributed by atoms with Crippen LogP contribution in [0.1, 0.15) is 5.69 Å². The molecule has 2 rings (SSSR count). The van der Waals surface area contributed by atoms with Crippen molar-refractivity contribution in [3.05, 3.63) is 33.9 Å². The van der Waals surface area contributed by atoms with Crippen molar-refractivity contribution in [2.45, 2.75) is 6.92 Å². The average Bonchev–Trinajstić information content (AvgIpc) is 2.23. The molecule has 1 aromatic carbocycles. The van der Waals surface area contributed by atoms with E-state index in [0.717, 1.165) is 10.8 Å². The van der Waals surface area contributed by atoms with E-state index in [0.29, 0.717) is 21.6 Å². The number of aromatic nitrogens is 1. The average molecular weight is 242 g/mol. The van der Waals surface area contributed by atoms with Gasteiger partial charge in [0.25, 0.3) is 0 Å². The first kappa shape index (κ1) is 10.5. The van der Waals surface area contributed by atoms with Crippen LogP contribution in [0.5, 0.6) is 5.88 Å². The van der Waals surface area contributed by atoms with E-state index in [-0.39, 0.29) is 0 Å². The number of aryl methyl sites for hydroxylation is 1. The van der Waals surface area contributed by atoms with Gasteiger partial charge in [0.2, 0.25) is 5.88 Å². The summed E-state index contributed by atoms with van der Waals surface area (Å²) >= 11 is 12.3. The Morgan fingerprint density at radius 1 is 1.27 bits per heavy atom. The van der Waals surface area contributed by atoms with Crippen molar-refractivity contribution >= 4 is 34.0 Å². The highest BCUT2D eigenvalue weighted by Gasteiger charge is 2.12. The van der Waals surface area contributed by atoms with Crippen LogP contribution < -0.4 is 4.74 Å². The predicted octanol–water partition coefficient (Wildman–Crippen LogP) is 3.86. The maximum absolute atomic E-state index is 6.16. The van der Waals surface area contributed by atoms with Crippen LogP contribution in [0.15, 0.2) is 18.2 Å². The Bertz CT molecular complexity index is 525. The van der Waals surface area contributed by atoms with Crippen LogP contribution in [0.3, 0.4) is 0 Å². The van der Waals surface area contributed by atoms with E-state index in [9.17, 15) is 0 Å². The van der Waals surface area contributed by atoms with Gasteiger partial charge >= 0.3 is 0 Å². The number of nitrogens with zero attached hydrogens (tertiary/aromatic N) is 1. The van der Waals surface area contributed by atoms with Gasteiger partial charge in [-0.2, -0.15) is 0 Å². The molecule has 1 aromatic heterocycles. The Morgan fingerprint density at radius 3 is 2.67 bits per heavy atom. The van der Waals surface area contributed by atoms with E-state index in [4.69, 9.17) is 27.9 Å². The lowest BCUT2D eigenvalue weighted by molar-refractivity contribution is 0.402. The zero-order valence-electron chi connectivity index (χ0n) is 8.34. The van der Waals surface area contributed by atoms with Crippen molar-refractivity contribution in [2.24, 2.45) is 0 Å². The number of ether oxygens (including phenoxy) is 1. The molecule has 0 N–H and O–H groups in total. The lowest BCUT2D eigenvalue weighted by Gasteiger charge is -2.09. The number of fused-ring (bicyclic) bond motifs is 1. The summed E-state index contributed by atoms with van der Waals surface area (Å²) in [4.78, 5) is 4.25. The molecule has 0 aliphatic heterocycles. The van der Waals surface area contributed by atoms with Crippen molar-refractivity contribution in [2.75, 3.05) is 7.11 Å². The molecule has 0 aliphatic carbocycles. The maximum Gasteiger partial charge on any atom is 0.221 e. The number of pyridine rings is 1. The number of methoxy groups -OCH3 is 1. The van der Waals surface area contributed by atoms with Crippen molar-refractivity contribution < 1.29 is 4.74 Å². The maximum atomic E-state index is 6.16. The molecule has 0 aliphatic rings. The molecule has 0 unspecified atom stereocenters. The highest BCUT2D eigenvalue weighted by atomic mass is 35.5. The molecule has 2 aromatic rings. The number of hydrogen-bond acceptors (Lipinski definition) is 2. The van der Waals surface area contributed by atoms with Gasteiger partial charge < -0.3 is 4.74 Å². The summed E-state index contributed by atoms with van der Waals surface area (Å²) in [5, 5.41) is 2.82. The van der Waals surface area contributed by atoms with Crippen molar-refractivity contribution in [1.29, 1.82) is 0 Å². The number of benzene rings is 1. The zero-order chi connectivity index (χ0) is 11.0. The summed E-state index contributed by atoms with van der Waals surface area (Å²) in [5.74, 6) is 0.550. The minimum Gasteiger partial charge on any atom is -0.481 e. The minimum atomic E-state index is 0.550. The number of hydrogen-bond donors (Lipinski definition) is 0. The Labute approximate surface area is 97.8 Å². The van der Waals surface area contributed by atoms with Crippen LogP contribution in [0, 0.1) is 6.92 Å².